The normalized spacial score (nSPS) is 11.1. The average Bonchev–Trinajstić information content (AvgIpc) is 4.05. The third-order valence-corrected chi connectivity index (χ3v) is 14.7. The molecule has 2 heterocycles. The van der Waals surface area contributed by atoms with Crippen LogP contribution in [0, 0.1) is 45.3 Å². The summed E-state index contributed by atoms with van der Waals surface area (Å²) in [7, 11) is 0. The van der Waals surface area contributed by atoms with Gasteiger partial charge in [-0.15, -0.1) is 0 Å². The first-order valence-corrected chi connectivity index (χ1v) is 25.0. The number of fused-ring (bicyclic) bond motifs is 6. The summed E-state index contributed by atoms with van der Waals surface area (Å²) < 4.78 is 4.59. The Morgan fingerprint density at radius 3 is 0.803 bits per heavy atom. The van der Waals surface area contributed by atoms with Crippen molar-refractivity contribution in [2.24, 2.45) is 0 Å². The second-order valence-corrected chi connectivity index (χ2v) is 18.8. The molecule has 0 unspecified atom stereocenters. The summed E-state index contributed by atoms with van der Waals surface area (Å²) in [4.78, 5) is 0. The highest BCUT2D eigenvalue weighted by atomic mass is 15.0. The summed E-state index contributed by atoms with van der Waals surface area (Å²) in [6.07, 6.45) is 0. The summed E-state index contributed by atoms with van der Waals surface area (Å²) in [5.74, 6) is 0. The summed E-state index contributed by atoms with van der Waals surface area (Å²) >= 11 is 0. The third kappa shape index (κ3) is 7.23. The van der Waals surface area contributed by atoms with Gasteiger partial charge in [0.25, 0.3) is 0 Å². The Morgan fingerprint density at radius 2 is 0.500 bits per heavy atom. The van der Waals surface area contributed by atoms with E-state index < -0.39 is 0 Å². The van der Waals surface area contributed by atoms with Gasteiger partial charge in [0.2, 0.25) is 0 Å². The number of benzene rings is 11. The van der Waals surface area contributed by atoms with E-state index in [0.717, 1.165) is 111 Å². The molecule has 0 aliphatic carbocycles. The number of nitriles is 4. The molecule has 11 aromatic carbocycles. The lowest BCUT2D eigenvalue weighted by Gasteiger charge is -2.29. The second-order valence-electron chi connectivity index (χ2n) is 18.8. The maximum atomic E-state index is 11.1. The van der Waals surface area contributed by atoms with Crippen molar-refractivity contribution in [2.75, 3.05) is 0 Å². The van der Waals surface area contributed by atoms with Crippen LogP contribution in [0.25, 0.3) is 122 Å². The Labute approximate surface area is 438 Å². The van der Waals surface area contributed by atoms with Gasteiger partial charge >= 0.3 is 0 Å². The van der Waals surface area contributed by atoms with Crippen molar-refractivity contribution in [1.82, 2.24) is 9.13 Å². The lowest BCUT2D eigenvalue weighted by Crippen LogP contribution is -2.04. The molecule has 0 bridgehead atoms. The number of nitrogens with zero attached hydrogens (tertiary/aromatic N) is 6. The molecule has 0 aliphatic heterocycles. The molecular weight excluding hydrogens is 925 g/mol. The van der Waals surface area contributed by atoms with Crippen LogP contribution < -0.4 is 0 Å². The van der Waals surface area contributed by atoms with Gasteiger partial charge in [-0.25, -0.2) is 0 Å². The van der Waals surface area contributed by atoms with E-state index in [1.54, 1.807) is 0 Å². The lowest BCUT2D eigenvalue weighted by molar-refractivity contribution is 1.18. The van der Waals surface area contributed by atoms with Crippen LogP contribution in [0.1, 0.15) is 22.3 Å². The Hall–Kier alpha value is -11.0. The second kappa shape index (κ2) is 18.5. The molecule has 0 spiro atoms. The summed E-state index contributed by atoms with van der Waals surface area (Å²) in [5.41, 5.74) is 17.9. The maximum absolute atomic E-state index is 11.1. The molecule has 6 heteroatoms. The Kier molecular flexibility index (Phi) is 11.0. The van der Waals surface area contributed by atoms with E-state index in [1.807, 2.05) is 97.1 Å². The number of rotatable bonds is 8. The lowest BCUT2D eigenvalue weighted by atomic mass is 9.73. The highest BCUT2D eigenvalue weighted by molar-refractivity contribution is 6.17. The molecule has 0 aliphatic rings. The van der Waals surface area contributed by atoms with Crippen molar-refractivity contribution < 1.29 is 0 Å². The van der Waals surface area contributed by atoms with Crippen LogP contribution in [0.4, 0.5) is 0 Å². The minimum atomic E-state index is 0.464. The predicted molar refractivity (Wildman–Crippen MR) is 307 cm³/mol. The fourth-order valence-electron chi connectivity index (χ4n) is 11.4. The predicted octanol–water partition coefficient (Wildman–Crippen LogP) is 17.4. The van der Waals surface area contributed by atoms with Gasteiger partial charge in [-0.05, 0) is 141 Å². The van der Waals surface area contributed by atoms with E-state index in [-0.39, 0.29) is 0 Å². The van der Waals surface area contributed by atoms with Gasteiger partial charge in [-0.2, -0.15) is 21.0 Å². The van der Waals surface area contributed by atoms with Gasteiger partial charge in [0, 0.05) is 44.0 Å². The molecule has 13 rings (SSSR count). The summed E-state index contributed by atoms with van der Waals surface area (Å²) in [5, 5.41) is 47.3. The zero-order valence-electron chi connectivity index (χ0n) is 40.8. The molecule has 0 radical (unpaired) electrons. The first-order chi connectivity index (χ1) is 37.6. The van der Waals surface area contributed by atoms with E-state index in [4.69, 9.17) is 0 Å². The first kappa shape index (κ1) is 44.9. The van der Waals surface area contributed by atoms with Crippen LogP contribution in [0.15, 0.2) is 243 Å². The molecule has 0 amide bonds. The van der Waals surface area contributed by atoms with Crippen molar-refractivity contribution in [3.63, 3.8) is 0 Å². The minimum absolute atomic E-state index is 0.464. The van der Waals surface area contributed by atoms with Crippen molar-refractivity contribution in [3.05, 3.63) is 265 Å². The van der Waals surface area contributed by atoms with Gasteiger partial charge in [0.1, 0.15) is 0 Å². The van der Waals surface area contributed by atoms with Gasteiger partial charge < -0.3 is 9.13 Å². The Bertz CT molecular complexity index is 4240. The van der Waals surface area contributed by atoms with E-state index in [1.165, 1.54) is 0 Å². The van der Waals surface area contributed by atoms with Crippen LogP contribution in [0.3, 0.4) is 0 Å². The molecule has 350 valence electrons. The number of para-hydroxylation sites is 4. The zero-order valence-corrected chi connectivity index (χ0v) is 40.8. The highest BCUT2D eigenvalue weighted by Gasteiger charge is 2.31. The van der Waals surface area contributed by atoms with E-state index in [9.17, 15) is 21.0 Å². The van der Waals surface area contributed by atoms with Crippen molar-refractivity contribution >= 4 is 43.6 Å². The minimum Gasteiger partial charge on any atom is -0.309 e. The Balaban J connectivity index is 1.20. The van der Waals surface area contributed by atoms with Crippen LogP contribution in [-0.2, 0) is 0 Å². The van der Waals surface area contributed by atoms with Gasteiger partial charge in [0.15, 0.2) is 0 Å². The zero-order chi connectivity index (χ0) is 51.3. The van der Waals surface area contributed by atoms with Crippen LogP contribution in [0.2, 0.25) is 0 Å². The SMILES string of the molecule is N#Cc1ccc(-c2c(-c3ccc(C#N)cc3)c(-c3ccc(-n4c5ccccc5c5ccccc54)cc3)c(-c3ccccc3C#N)c(-c3ccccc3C#N)c2-c2ccc(-n3c4ccccc4c4ccccc43)cc2)cc1. The summed E-state index contributed by atoms with van der Waals surface area (Å²) in [6.45, 7) is 0. The molecule has 76 heavy (non-hydrogen) atoms. The van der Waals surface area contributed by atoms with Gasteiger partial charge in [0.05, 0.1) is 68.6 Å². The molecule has 0 N–H and O–H groups in total. The quantitative estimate of drug-likeness (QED) is 0.151. The summed E-state index contributed by atoms with van der Waals surface area (Å²) in [6, 6.07) is 91.6. The number of aromatic nitrogens is 2. The van der Waals surface area contributed by atoms with Gasteiger partial charge in [-0.3, -0.25) is 0 Å². The topological polar surface area (TPSA) is 105 Å². The molecule has 0 fully saturated rings. The van der Waals surface area contributed by atoms with E-state index >= 15 is 0 Å². The molecule has 0 saturated heterocycles. The number of hydrogen-bond acceptors (Lipinski definition) is 4. The van der Waals surface area contributed by atoms with Gasteiger partial charge in [-0.1, -0.05) is 158 Å². The highest BCUT2D eigenvalue weighted by Crippen LogP contribution is 2.57. The van der Waals surface area contributed by atoms with E-state index in [0.29, 0.717) is 33.4 Å². The average molecular weight is 965 g/mol. The van der Waals surface area contributed by atoms with Crippen LogP contribution in [-0.4, -0.2) is 9.13 Å². The van der Waals surface area contributed by atoms with Crippen LogP contribution >= 0.6 is 0 Å². The van der Waals surface area contributed by atoms with Crippen molar-refractivity contribution in [1.29, 1.82) is 21.0 Å². The Morgan fingerprint density at radius 1 is 0.237 bits per heavy atom. The maximum Gasteiger partial charge on any atom is 0.0998 e. The standard InChI is InChI=1S/C70H40N6/c71-41-45-25-29-47(30-26-45)65-66(48-31-27-46(42-72)28-32-48)68(50-35-39-54(40-36-50)76-63-23-11-7-19-59(63)60-20-8-12-24-64(60)76)70(56-16-4-2-14-52(56)44-74)69(55-15-3-1-13-51(55)43-73)67(65)49-33-37-53(38-34-49)75-61-21-9-5-17-57(61)58-18-6-10-22-62(58)75/h1-40H. The molecule has 0 atom stereocenters. The molecule has 13 aromatic rings. The molecular formula is C70H40N6. The first-order valence-electron chi connectivity index (χ1n) is 25.0. The third-order valence-electron chi connectivity index (χ3n) is 14.7. The monoisotopic (exact) mass is 964 g/mol. The largest absolute Gasteiger partial charge is 0.309 e. The van der Waals surface area contributed by atoms with E-state index in [2.05, 4.69) is 179 Å². The van der Waals surface area contributed by atoms with Crippen LogP contribution in [0.5, 0.6) is 0 Å². The number of hydrogen-bond donors (Lipinski definition) is 0. The van der Waals surface area contributed by atoms with Crippen molar-refractivity contribution in [3.8, 4) is 102 Å². The molecule has 0 saturated carbocycles. The molecule has 2 aromatic heterocycles. The fraction of sp³-hybridized carbons (Fsp3) is 0. The molecule has 6 nitrogen and oxygen atoms in total. The van der Waals surface area contributed by atoms with Crippen molar-refractivity contribution in [2.45, 2.75) is 0 Å². The fourth-order valence-corrected chi connectivity index (χ4v) is 11.4. The smallest absolute Gasteiger partial charge is 0.0998 e.